The second-order valence-corrected chi connectivity index (χ2v) is 7.82. The third-order valence-electron chi connectivity index (χ3n) is 4.30. The Hall–Kier alpha value is -2.74. The molecule has 0 bridgehead atoms. The number of nitrogens with one attached hydrogen (secondary N) is 1. The molecule has 4 rings (SSSR count). The van der Waals surface area contributed by atoms with Gasteiger partial charge in [0.1, 0.15) is 5.82 Å². The maximum absolute atomic E-state index is 13.4. The van der Waals surface area contributed by atoms with Crippen molar-refractivity contribution in [3.63, 3.8) is 0 Å². The minimum Gasteiger partial charge on any atom is -0.354 e. The van der Waals surface area contributed by atoms with Crippen molar-refractivity contribution in [2.75, 3.05) is 22.7 Å². The molecule has 1 aliphatic rings. The number of benzene rings is 2. The van der Waals surface area contributed by atoms with Gasteiger partial charge in [0.25, 0.3) is 10.0 Å². The fraction of sp³-hybridized carbons (Fsp3) is 0.222. The number of fused-ring (bicyclic) bond motifs is 1. The van der Waals surface area contributed by atoms with E-state index in [1.54, 1.807) is 6.07 Å². The summed E-state index contributed by atoms with van der Waals surface area (Å²) in [6.45, 7) is 1.59. The zero-order chi connectivity index (χ0) is 18.1. The molecule has 2 aromatic carbocycles. The Morgan fingerprint density at radius 2 is 1.65 bits per heavy atom. The van der Waals surface area contributed by atoms with Gasteiger partial charge in [-0.15, -0.1) is 0 Å². The zero-order valence-electron chi connectivity index (χ0n) is 13.9. The zero-order valence-corrected chi connectivity index (χ0v) is 14.7. The minimum atomic E-state index is -3.98. The molecule has 8 heteroatoms. The van der Waals surface area contributed by atoms with Gasteiger partial charge in [0.2, 0.25) is 0 Å². The van der Waals surface area contributed by atoms with Crippen molar-refractivity contribution in [1.29, 1.82) is 0 Å². The number of para-hydroxylation sites is 2. The summed E-state index contributed by atoms with van der Waals surface area (Å²) in [6.07, 6.45) is 2.04. The van der Waals surface area contributed by atoms with Gasteiger partial charge in [-0.05, 0) is 43.2 Å². The van der Waals surface area contributed by atoms with E-state index in [2.05, 4.69) is 14.7 Å². The van der Waals surface area contributed by atoms with Crippen molar-refractivity contribution >= 4 is 32.7 Å². The lowest BCUT2D eigenvalue weighted by atomic mass is 10.3. The Morgan fingerprint density at radius 1 is 0.962 bits per heavy atom. The number of sulfonamides is 1. The molecule has 1 aliphatic heterocycles. The molecule has 1 saturated heterocycles. The maximum Gasteiger partial charge on any atom is 0.263 e. The molecule has 1 N–H and O–H groups in total. The van der Waals surface area contributed by atoms with E-state index in [1.807, 2.05) is 23.1 Å². The first-order valence-electron chi connectivity index (χ1n) is 8.33. The van der Waals surface area contributed by atoms with Crippen molar-refractivity contribution in [3.8, 4) is 0 Å². The van der Waals surface area contributed by atoms with Gasteiger partial charge in [0.05, 0.1) is 15.9 Å². The third kappa shape index (κ3) is 3.20. The molecule has 3 aromatic rings. The van der Waals surface area contributed by atoms with Gasteiger partial charge in [0.15, 0.2) is 11.6 Å². The van der Waals surface area contributed by atoms with E-state index in [0.29, 0.717) is 16.9 Å². The van der Waals surface area contributed by atoms with E-state index >= 15 is 0 Å². The van der Waals surface area contributed by atoms with Gasteiger partial charge in [-0.2, -0.15) is 0 Å². The Bertz CT molecular complexity index is 1070. The largest absolute Gasteiger partial charge is 0.354 e. The van der Waals surface area contributed by atoms with Crippen LogP contribution in [0.25, 0.3) is 11.0 Å². The second-order valence-electron chi connectivity index (χ2n) is 6.14. The molecular formula is C18H17FN4O2S. The molecule has 1 fully saturated rings. The van der Waals surface area contributed by atoms with Gasteiger partial charge >= 0.3 is 0 Å². The minimum absolute atomic E-state index is 0.153. The predicted molar refractivity (Wildman–Crippen MR) is 98.2 cm³/mol. The number of hydrogen-bond acceptors (Lipinski definition) is 5. The SMILES string of the molecule is O=S(=O)(Nc1nc2ccccc2nc1N1CCCC1)c1cccc(F)c1. The lowest BCUT2D eigenvalue weighted by Crippen LogP contribution is -2.23. The molecule has 6 nitrogen and oxygen atoms in total. The van der Waals surface area contributed by atoms with Crippen LogP contribution in [0.4, 0.5) is 16.0 Å². The average Bonchev–Trinajstić information content (AvgIpc) is 3.15. The molecule has 0 unspecified atom stereocenters. The van der Waals surface area contributed by atoms with E-state index in [4.69, 9.17) is 0 Å². The highest BCUT2D eigenvalue weighted by molar-refractivity contribution is 7.92. The fourth-order valence-corrected chi connectivity index (χ4v) is 4.06. The predicted octanol–water partition coefficient (Wildman–Crippen LogP) is 3.17. The average molecular weight is 372 g/mol. The highest BCUT2D eigenvalue weighted by Crippen LogP contribution is 2.29. The Balaban J connectivity index is 1.80. The maximum atomic E-state index is 13.4. The van der Waals surface area contributed by atoms with Gasteiger partial charge in [-0.25, -0.2) is 22.8 Å². The molecule has 0 spiro atoms. The van der Waals surface area contributed by atoms with Crippen LogP contribution in [-0.4, -0.2) is 31.5 Å². The standard InChI is InChI=1S/C18H17FN4O2S/c19-13-6-5-7-14(12-13)26(24,25)22-17-18(23-10-3-4-11-23)21-16-9-2-1-8-15(16)20-17/h1-2,5-9,12H,3-4,10-11H2,(H,20,22). The third-order valence-corrected chi connectivity index (χ3v) is 5.63. The van der Waals surface area contributed by atoms with Crippen LogP contribution >= 0.6 is 0 Å². The number of anilines is 2. The van der Waals surface area contributed by atoms with Crippen LogP contribution in [-0.2, 0) is 10.0 Å². The van der Waals surface area contributed by atoms with Crippen LogP contribution in [0.1, 0.15) is 12.8 Å². The van der Waals surface area contributed by atoms with Gasteiger partial charge in [-0.1, -0.05) is 18.2 Å². The molecule has 0 radical (unpaired) electrons. The second kappa shape index (κ2) is 6.53. The van der Waals surface area contributed by atoms with Crippen LogP contribution in [0.2, 0.25) is 0 Å². The topological polar surface area (TPSA) is 75.2 Å². The molecule has 1 aromatic heterocycles. The summed E-state index contributed by atoms with van der Waals surface area (Å²) in [7, 11) is -3.98. The summed E-state index contributed by atoms with van der Waals surface area (Å²) in [5.41, 5.74) is 1.29. The van der Waals surface area contributed by atoms with Crippen LogP contribution in [0.15, 0.2) is 53.4 Å². The van der Waals surface area contributed by atoms with Gasteiger partial charge < -0.3 is 4.90 Å². The molecule has 2 heterocycles. The summed E-state index contributed by atoms with van der Waals surface area (Å²) in [4.78, 5) is 10.9. The highest BCUT2D eigenvalue weighted by Gasteiger charge is 2.23. The van der Waals surface area contributed by atoms with E-state index in [9.17, 15) is 12.8 Å². The van der Waals surface area contributed by atoms with Gasteiger partial charge in [-0.3, -0.25) is 4.72 Å². The number of halogens is 1. The van der Waals surface area contributed by atoms with E-state index in [1.165, 1.54) is 18.2 Å². The first kappa shape index (κ1) is 16.7. The molecule has 0 amide bonds. The fourth-order valence-electron chi connectivity index (χ4n) is 3.03. The Kier molecular flexibility index (Phi) is 4.20. The lowest BCUT2D eigenvalue weighted by molar-refractivity contribution is 0.595. The molecule has 0 saturated carbocycles. The molecule has 0 aliphatic carbocycles. The van der Waals surface area contributed by atoms with Crippen molar-refractivity contribution in [1.82, 2.24) is 9.97 Å². The molecule has 0 atom stereocenters. The van der Waals surface area contributed by atoms with E-state index in [0.717, 1.165) is 32.0 Å². The van der Waals surface area contributed by atoms with E-state index < -0.39 is 15.8 Å². The van der Waals surface area contributed by atoms with Crippen molar-refractivity contribution < 1.29 is 12.8 Å². The Morgan fingerprint density at radius 3 is 2.35 bits per heavy atom. The number of rotatable bonds is 4. The van der Waals surface area contributed by atoms with Crippen LogP contribution < -0.4 is 9.62 Å². The molecule has 134 valence electrons. The first-order chi connectivity index (χ1) is 12.5. The number of hydrogen-bond donors (Lipinski definition) is 1. The van der Waals surface area contributed by atoms with Crippen molar-refractivity contribution in [3.05, 3.63) is 54.3 Å². The summed E-state index contributed by atoms with van der Waals surface area (Å²) >= 11 is 0. The number of aromatic nitrogens is 2. The normalized spacial score (nSPS) is 14.7. The lowest BCUT2D eigenvalue weighted by Gasteiger charge is -2.20. The quantitative estimate of drug-likeness (QED) is 0.761. The summed E-state index contributed by atoms with van der Waals surface area (Å²) in [5, 5.41) is 0. The highest BCUT2D eigenvalue weighted by atomic mass is 32.2. The van der Waals surface area contributed by atoms with Crippen LogP contribution in [0, 0.1) is 5.82 Å². The number of nitrogens with zero attached hydrogens (tertiary/aromatic N) is 3. The van der Waals surface area contributed by atoms with Crippen LogP contribution in [0.5, 0.6) is 0 Å². The molecular weight excluding hydrogens is 355 g/mol. The van der Waals surface area contributed by atoms with Crippen molar-refractivity contribution in [2.45, 2.75) is 17.7 Å². The van der Waals surface area contributed by atoms with E-state index in [-0.39, 0.29) is 10.7 Å². The smallest absolute Gasteiger partial charge is 0.263 e. The summed E-state index contributed by atoms with van der Waals surface area (Å²) in [6, 6.07) is 12.2. The van der Waals surface area contributed by atoms with Gasteiger partial charge in [0, 0.05) is 13.1 Å². The summed E-state index contributed by atoms with van der Waals surface area (Å²) < 4.78 is 41.3. The van der Waals surface area contributed by atoms with Crippen molar-refractivity contribution in [2.24, 2.45) is 0 Å². The summed E-state index contributed by atoms with van der Waals surface area (Å²) in [5.74, 6) is 0.0493. The first-order valence-corrected chi connectivity index (χ1v) is 9.81. The monoisotopic (exact) mass is 372 g/mol. The Labute approximate surface area is 150 Å². The van der Waals surface area contributed by atoms with Crippen LogP contribution in [0.3, 0.4) is 0 Å². The molecule has 26 heavy (non-hydrogen) atoms.